The SMILES string of the molecule is COC(=O)[C@H]1[C@H]2c3ccccc3O[C@]1(C)N=c1s/c(=C/c3cccs3)c(=O)n12. The van der Waals surface area contributed by atoms with E-state index in [9.17, 15) is 9.59 Å². The Labute approximate surface area is 168 Å². The van der Waals surface area contributed by atoms with Crippen LogP contribution < -0.4 is 19.6 Å². The molecule has 2 bridgehead atoms. The van der Waals surface area contributed by atoms with Crippen LogP contribution >= 0.6 is 22.7 Å². The first-order valence-electron chi connectivity index (χ1n) is 8.74. The van der Waals surface area contributed by atoms with Gasteiger partial charge in [0.25, 0.3) is 5.56 Å². The van der Waals surface area contributed by atoms with Crippen molar-refractivity contribution in [2.75, 3.05) is 7.11 Å². The van der Waals surface area contributed by atoms with E-state index in [1.165, 1.54) is 18.4 Å². The van der Waals surface area contributed by atoms with Crippen molar-refractivity contribution in [3.63, 3.8) is 0 Å². The van der Waals surface area contributed by atoms with Gasteiger partial charge < -0.3 is 9.47 Å². The first-order chi connectivity index (χ1) is 13.5. The molecule has 4 heterocycles. The molecule has 6 nitrogen and oxygen atoms in total. The van der Waals surface area contributed by atoms with Crippen molar-refractivity contribution in [3.05, 3.63) is 71.9 Å². The number of aromatic nitrogens is 1. The van der Waals surface area contributed by atoms with Gasteiger partial charge in [-0.15, -0.1) is 11.3 Å². The second kappa shape index (κ2) is 6.15. The molecule has 2 aliphatic heterocycles. The molecular formula is C20H16N2O4S2. The Balaban J connectivity index is 1.83. The number of benzene rings is 1. The second-order valence-corrected chi connectivity index (χ2v) is 8.82. The average molecular weight is 412 g/mol. The molecule has 5 rings (SSSR count). The Kier molecular flexibility index (Phi) is 3.82. The standard InChI is InChI=1S/C20H16N2O4S2/c1-20-15(18(24)25-2)16(12-7-3-4-8-13(12)26-20)22-17(23)14(28-19(22)21-20)10-11-6-5-9-27-11/h3-10,15-16H,1-2H3/b14-10+/t15-,16-,20+/m1/s1. The summed E-state index contributed by atoms with van der Waals surface area (Å²) in [6, 6.07) is 10.8. The Bertz CT molecular complexity index is 1260. The summed E-state index contributed by atoms with van der Waals surface area (Å²) in [7, 11) is 1.34. The Morgan fingerprint density at radius 2 is 2.14 bits per heavy atom. The minimum Gasteiger partial charge on any atom is -0.469 e. The number of rotatable bonds is 2. The number of carbonyl (C=O) groups excluding carboxylic acids is 1. The van der Waals surface area contributed by atoms with E-state index in [4.69, 9.17) is 14.5 Å². The second-order valence-electron chi connectivity index (χ2n) is 6.84. The molecule has 0 unspecified atom stereocenters. The number of fused-ring (bicyclic) bond motifs is 6. The Hall–Kier alpha value is -2.71. The van der Waals surface area contributed by atoms with E-state index >= 15 is 0 Å². The van der Waals surface area contributed by atoms with Crippen molar-refractivity contribution in [1.82, 2.24) is 4.57 Å². The normalized spacial score (nSPS) is 25.3. The van der Waals surface area contributed by atoms with Gasteiger partial charge in [-0.1, -0.05) is 35.6 Å². The van der Waals surface area contributed by atoms with Gasteiger partial charge in [-0.05, 0) is 30.5 Å². The summed E-state index contributed by atoms with van der Waals surface area (Å²) in [4.78, 5) is 32.2. The molecule has 2 aliphatic rings. The number of ether oxygens (including phenoxy) is 2. The Morgan fingerprint density at radius 1 is 1.32 bits per heavy atom. The maximum absolute atomic E-state index is 13.3. The molecule has 0 N–H and O–H groups in total. The van der Waals surface area contributed by atoms with Gasteiger partial charge in [0.1, 0.15) is 11.7 Å². The van der Waals surface area contributed by atoms with Crippen LogP contribution in [0.1, 0.15) is 23.4 Å². The first-order valence-corrected chi connectivity index (χ1v) is 10.4. The number of thiazole rings is 1. The number of carbonyl (C=O) groups is 1. The summed E-state index contributed by atoms with van der Waals surface area (Å²) in [6.45, 7) is 1.77. The van der Waals surface area contributed by atoms with Gasteiger partial charge in [0.2, 0.25) is 5.72 Å². The predicted molar refractivity (Wildman–Crippen MR) is 106 cm³/mol. The topological polar surface area (TPSA) is 69.9 Å². The van der Waals surface area contributed by atoms with Crippen molar-refractivity contribution in [2.24, 2.45) is 10.9 Å². The fraction of sp³-hybridized carbons (Fsp3) is 0.250. The highest BCUT2D eigenvalue weighted by molar-refractivity contribution is 7.11. The fourth-order valence-electron chi connectivity index (χ4n) is 3.93. The maximum Gasteiger partial charge on any atom is 0.317 e. The van der Waals surface area contributed by atoms with Crippen LogP contribution in [0.5, 0.6) is 5.75 Å². The summed E-state index contributed by atoms with van der Waals surface area (Å²) >= 11 is 2.88. The van der Waals surface area contributed by atoms with Crippen LogP contribution in [0.4, 0.5) is 0 Å². The molecule has 0 saturated carbocycles. The summed E-state index contributed by atoms with van der Waals surface area (Å²) < 4.78 is 13.4. The van der Waals surface area contributed by atoms with Crippen LogP contribution in [-0.4, -0.2) is 23.4 Å². The van der Waals surface area contributed by atoms with Crippen LogP contribution in [0.25, 0.3) is 6.08 Å². The highest BCUT2D eigenvalue weighted by atomic mass is 32.1. The quantitative estimate of drug-likeness (QED) is 0.603. The number of hydrogen-bond acceptors (Lipinski definition) is 7. The molecule has 1 aromatic carbocycles. The van der Waals surface area contributed by atoms with Gasteiger partial charge >= 0.3 is 5.97 Å². The number of para-hydroxylation sites is 1. The summed E-state index contributed by atoms with van der Waals surface area (Å²) in [6.07, 6.45) is 1.87. The summed E-state index contributed by atoms with van der Waals surface area (Å²) in [5.74, 6) is -0.563. The molecule has 28 heavy (non-hydrogen) atoms. The third-order valence-electron chi connectivity index (χ3n) is 5.15. The zero-order valence-electron chi connectivity index (χ0n) is 15.1. The number of nitrogens with zero attached hydrogens (tertiary/aromatic N) is 2. The minimum atomic E-state index is -1.14. The molecule has 0 aliphatic carbocycles. The van der Waals surface area contributed by atoms with Gasteiger partial charge in [-0.25, -0.2) is 4.99 Å². The molecule has 0 amide bonds. The molecule has 0 saturated heterocycles. The molecule has 142 valence electrons. The van der Waals surface area contributed by atoms with E-state index in [1.807, 2.05) is 47.9 Å². The van der Waals surface area contributed by atoms with Crippen LogP contribution in [0.3, 0.4) is 0 Å². The third kappa shape index (κ3) is 2.41. The number of esters is 1. The molecule has 2 aromatic heterocycles. The van der Waals surface area contributed by atoms with E-state index in [-0.39, 0.29) is 5.56 Å². The number of methoxy groups -OCH3 is 1. The van der Waals surface area contributed by atoms with Crippen molar-refractivity contribution >= 4 is 34.7 Å². The molecule has 3 atom stereocenters. The van der Waals surface area contributed by atoms with Gasteiger partial charge in [0, 0.05) is 10.4 Å². The Morgan fingerprint density at radius 3 is 2.89 bits per heavy atom. The maximum atomic E-state index is 13.3. The number of hydrogen-bond donors (Lipinski definition) is 0. The largest absolute Gasteiger partial charge is 0.469 e. The monoisotopic (exact) mass is 412 g/mol. The van der Waals surface area contributed by atoms with E-state index in [1.54, 1.807) is 22.8 Å². The first kappa shape index (κ1) is 17.4. The van der Waals surface area contributed by atoms with Crippen LogP contribution in [0.15, 0.2) is 51.6 Å². The summed E-state index contributed by atoms with van der Waals surface area (Å²) in [5.41, 5.74) is -0.507. The lowest BCUT2D eigenvalue weighted by Gasteiger charge is -2.44. The van der Waals surface area contributed by atoms with Gasteiger partial charge in [-0.3, -0.25) is 14.2 Å². The zero-order valence-corrected chi connectivity index (χ0v) is 16.8. The molecule has 0 fully saturated rings. The van der Waals surface area contributed by atoms with E-state index < -0.39 is 23.7 Å². The molecule has 0 radical (unpaired) electrons. The minimum absolute atomic E-state index is 0.158. The van der Waals surface area contributed by atoms with Crippen LogP contribution in [0, 0.1) is 5.92 Å². The predicted octanol–water partition coefficient (Wildman–Crippen LogP) is 1.92. The lowest BCUT2D eigenvalue weighted by Crippen LogP contribution is -2.58. The van der Waals surface area contributed by atoms with Gasteiger partial charge in [-0.2, -0.15) is 0 Å². The average Bonchev–Trinajstić information content (AvgIpc) is 3.28. The van der Waals surface area contributed by atoms with Crippen molar-refractivity contribution in [2.45, 2.75) is 18.7 Å². The molecule has 8 heteroatoms. The third-order valence-corrected chi connectivity index (χ3v) is 6.95. The van der Waals surface area contributed by atoms with Crippen LogP contribution in [-0.2, 0) is 9.53 Å². The zero-order chi connectivity index (χ0) is 19.5. The van der Waals surface area contributed by atoms with Crippen molar-refractivity contribution < 1.29 is 14.3 Å². The summed E-state index contributed by atoms with van der Waals surface area (Å²) in [5, 5.41) is 1.97. The molecular weight excluding hydrogens is 396 g/mol. The van der Waals surface area contributed by atoms with Gasteiger partial charge in [0.15, 0.2) is 4.80 Å². The lowest BCUT2D eigenvalue weighted by atomic mass is 9.81. The van der Waals surface area contributed by atoms with E-state index in [0.717, 1.165) is 10.4 Å². The van der Waals surface area contributed by atoms with E-state index in [0.29, 0.717) is 15.1 Å². The lowest BCUT2D eigenvalue weighted by molar-refractivity contribution is -0.158. The van der Waals surface area contributed by atoms with Gasteiger partial charge in [0.05, 0.1) is 17.7 Å². The number of thiophene rings is 1. The van der Waals surface area contributed by atoms with Crippen LogP contribution in [0.2, 0.25) is 0 Å². The van der Waals surface area contributed by atoms with Crippen molar-refractivity contribution in [1.29, 1.82) is 0 Å². The highest BCUT2D eigenvalue weighted by Gasteiger charge is 2.55. The smallest absolute Gasteiger partial charge is 0.317 e. The molecule has 0 spiro atoms. The fourth-order valence-corrected chi connectivity index (χ4v) is 5.76. The van der Waals surface area contributed by atoms with E-state index in [2.05, 4.69) is 0 Å². The van der Waals surface area contributed by atoms with Crippen molar-refractivity contribution in [3.8, 4) is 5.75 Å². The molecule has 3 aromatic rings. The highest BCUT2D eigenvalue weighted by Crippen LogP contribution is 2.47.